The van der Waals surface area contributed by atoms with E-state index in [0.29, 0.717) is 37.6 Å². The predicted octanol–water partition coefficient (Wildman–Crippen LogP) is 2.78. The first-order chi connectivity index (χ1) is 13.3. The van der Waals surface area contributed by atoms with Crippen LogP contribution in [0.25, 0.3) is 0 Å². The number of nitrogens with one attached hydrogen (secondary N) is 2. The molecule has 3 rings (SSSR count). The van der Waals surface area contributed by atoms with Gasteiger partial charge in [-0.3, -0.25) is 4.79 Å². The molecule has 2 heterocycles. The summed E-state index contributed by atoms with van der Waals surface area (Å²) in [5.74, 6) is -0.340. The van der Waals surface area contributed by atoms with E-state index in [2.05, 4.69) is 10.3 Å². The third-order valence-corrected chi connectivity index (χ3v) is 7.32. The number of aromatic nitrogens is 1. The number of carbonyl (C=O) groups is 1. The molecule has 8 heteroatoms. The summed E-state index contributed by atoms with van der Waals surface area (Å²) in [6, 6.07) is 5.88. The van der Waals surface area contributed by atoms with Gasteiger partial charge in [-0.15, -0.1) is 0 Å². The summed E-state index contributed by atoms with van der Waals surface area (Å²) < 4.78 is 32.9. The van der Waals surface area contributed by atoms with Crippen LogP contribution in [0.15, 0.2) is 23.1 Å². The molecule has 2 aromatic rings. The van der Waals surface area contributed by atoms with E-state index in [9.17, 15) is 13.2 Å². The van der Waals surface area contributed by atoms with Gasteiger partial charge in [0.2, 0.25) is 10.0 Å². The van der Waals surface area contributed by atoms with Crippen LogP contribution in [-0.4, -0.2) is 49.9 Å². The first-order valence-corrected chi connectivity index (χ1v) is 10.9. The summed E-state index contributed by atoms with van der Waals surface area (Å²) in [6.07, 6.45) is 0.788. The fourth-order valence-corrected chi connectivity index (χ4v) is 5.46. The maximum atomic E-state index is 13.1. The molecular formula is C20H27N3O4S. The number of nitrogens with zero attached hydrogens (tertiary/aromatic N) is 1. The number of H-pyrrole nitrogens is 1. The lowest BCUT2D eigenvalue weighted by Crippen LogP contribution is -2.40. The average Bonchev–Trinajstić information content (AvgIpc) is 2.99. The largest absolute Gasteiger partial charge is 0.379 e. The van der Waals surface area contributed by atoms with Crippen molar-refractivity contribution >= 4 is 21.6 Å². The third-order valence-electron chi connectivity index (χ3n) is 5.14. The van der Waals surface area contributed by atoms with Crippen molar-refractivity contribution in [3.8, 4) is 0 Å². The van der Waals surface area contributed by atoms with Gasteiger partial charge in [0.1, 0.15) is 10.6 Å². The van der Waals surface area contributed by atoms with E-state index in [4.69, 9.17) is 4.74 Å². The van der Waals surface area contributed by atoms with Gasteiger partial charge < -0.3 is 15.0 Å². The zero-order valence-electron chi connectivity index (χ0n) is 16.8. The highest BCUT2D eigenvalue weighted by atomic mass is 32.2. The van der Waals surface area contributed by atoms with Crippen LogP contribution in [0.3, 0.4) is 0 Å². The minimum absolute atomic E-state index is 0.181. The van der Waals surface area contributed by atoms with Crippen molar-refractivity contribution in [1.29, 1.82) is 0 Å². The molecule has 0 aliphatic carbocycles. The molecule has 0 spiro atoms. The molecule has 1 aromatic heterocycles. The van der Waals surface area contributed by atoms with Gasteiger partial charge >= 0.3 is 0 Å². The summed E-state index contributed by atoms with van der Waals surface area (Å²) in [5.41, 5.74) is 3.96. The van der Waals surface area contributed by atoms with Crippen LogP contribution in [-0.2, 0) is 21.2 Å². The number of anilines is 1. The van der Waals surface area contributed by atoms with Crippen LogP contribution in [0.1, 0.15) is 39.8 Å². The summed E-state index contributed by atoms with van der Waals surface area (Å²) in [6.45, 7) is 8.71. The second-order valence-corrected chi connectivity index (χ2v) is 8.89. The number of morpholine rings is 1. The van der Waals surface area contributed by atoms with E-state index in [-0.39, 0.29) is 16.5 Å². The van der Waals surface area contributed by atoms with Gasteiger partial charge in [-0.1, -0.05) is 25.1 Å². The molecule has 7 nitrogen and oxygen atoms in total. The standard InChI is InChI=1S/C20H27N3O4S/c1-5-16-8-6-7-13(2)17(16)22-20(24)18-14(3)19(15(4)21-18)28(25,26)23-9-11-27-12-10-23/h6-8,21H,5,9-12H2,1-4H3,(H,22,24). The number of aromatic amines is 1. The second-order valence-electron chi connectivity index (χ2n) is 7.01. The highest BCUT2D eigenvalue weighted by Gasteiger charge is 2.32. The molecule has 1 aromatic carbocycles. The first kappa shape index (κ1) is 20.6. The lowest BCUT2D eigenvalue weighted by Gasteiger charge is -2.26. The Bertz CT molecular complexity index is 989. The topological polar surface area (TPSA) is 91.5 Å². The minimum Gasteiger partial charge on any atom is -0.379 e. The average molecular weight is 406 g/mol. The van der Waals surface area contributed by atoms with Gasteiger partial charge in [-0.2, -0.15) is 4.31 Å². The Labute approximate surface area is 166 Å². The monoisotopic (exact) mass is 405 g/mol. The lowest BCUT2D eigenvalue weighted by atomic mass is 10.1. The van der Waals surface area contributed by atoms with Crippen LogP contribution in [0.2, 0.25) is 0 Å². The van der Waals surface area contributed by atoms with Crippen LogP contribution in [0.4, 0.5) is 5.69 Å². The maximum Gasteiger partial charge on any atom is 0.272 e. The summed E-state index contributed by atoms with van der Waals surface area (Å²) in [5, 5.41) is 2.96. The van der Waals surface area contributed by atoms with Crippen molar-refractivity contribution in [1.82, 2.24) is 9.29 Å². The molecular weight excluding hydrogens is 378 g/mol. The zero-order valence-corrected chi connectivity index (χ0v) is 17.6. The lowest BCUT2D eigenvalue weighted by molar-refractivity contribution is 0.0730. The molecule has 0 saturated carbocycles. The van der Waals surface area contributed by atoms with E-state index < -0.39 is 10.0 Å². The Kier molecular flexibility index (Phi) is 5.92. The number of rotatable bonds is 5. The Hall–Kier alpha value is -2.16. The zero-order chi connectivity index (χ0) is 20.5. The maximum absolute atomic E-state index is 13.1. The number of amides is 1. The summed E-state index contributed by atoms with van der Waals surface area (Å²) in [7, 11) is -3.69. The summed E-state index contributed by atoms with van der Waals surface area (Å²) >= 11 is 0. The SMILES string of the molecule is CCc1cccc(C)c1NC(=O)c1[nH]c(C)c(S(=O)(=O)N2CCOCC2)c1C. The molecule has 2 N–H and O–H groups in total. The Balaban J connectivity index is 1.95. The molecule has 0 radical (unpaired) electrons. The minimum atomic E-state index is -3.69. The Morgan fingerprint density at radius 3 is 2.54 bits per heavy atom. The molecule has 1 saturated heterocycles. The van der Waals surface area contributed by atoms with E-state index >= 15 is 0 Å². The van der Waals surface area contributed by atoms with E-state index in [0.717, 1.165) is 23.2 Å². The van der Waals surface area contributed by atoms with Crippen molar-refractivity contribution in [3.05, 3.63) is 46.3 Å². The predicted molar refractivity (Wildman–Crippen MR) is 108 cm³/mol. The van der Waals surface area contributed by atoms with Crippen LogP contribution in [0, 0.1) is 20.8 Å². The quantitative estimate of drug-likeness (QED) is 0.800. The van der Waals surface area contributed by atoms with Crippen molar-refractivity contribution in [3.63, 3.8) is 0 Å². The van der Waals surface area contributed by atoms with Crippen molar-refractivity contribution < 1.29 is 17.9 Å². The molecule has 0 atom stereocenters. The van der Waals surface area contributed by atoms with E-state index in [1.165, 1.54) is 4.31 Å². The van der Waals surface area contributed by atoms with Crippen LogP contribution in [0.5, 0.6) is 0 Å². The van der Waals surface area contributed by atoms with Gasteiger partial charge in [-0.05, 0) is 43.9 Å². The number of ether oxygens (including phenoxy) is 1. The molecule has 0 unspecified atom stereocenters. The van der Waals surface area contributed by atoms with Crippen LogP contribution < -0.4 is 5.32 Å². The molecule has 0 bridgehead atoms. The number of sulfonamides is 1. The number of benzene rings is 1. The van der Waals surface area contributed by atoms with Crippen molar-refractivity contribution in [2.45, 2.75) is 39.0 Å². The molecule has 1 amide bonds. The normalized spacial score (nSPS) is 15.6. The highest BCUT2D eigenvalue weighted by Crippen LogP contribution is 2.28. The summed E-state index contributed by atoms with van der Waals surface area (Å²) in [4.78, 5) is 16.1. The molecule has 1 fully saturated rings. The molecule has 1 aliphatic rings. The fraction of sp³-hybridized carbons (Fsp3) is 0.450. The van der Waals surface area contributed by atoms with E-state index in [1.54, 1.807) is 13.8 Å². The number of aryl methyl sites for hydroxylation is 3. The molecule has 28 heavy (non-hydrogen) atoms. The molecule has 1 aliphatic heterocycles. The third kappa shape index (κ3) is 3.72. The van der Waals surface area contributed by atoms with Crippen LogP contribution >= 0.6 is 0 Å². The van der Waals surface area contributed by atoms with Gasteiger partial charge in [0.05, 0.1) is 13.2 Å². The molecule has 152 valence electrons. The van der Waals surface area contributed by atoms with Crippen molar-refractivity contribution in [2.24, 2.45) is 0 Å². The number of para-hydroxylation sites is 1. The highest BCUT2D eigenvalue weighted by molar-refractivity contribution is 7.89. The van der Waals surface area contributed by atoms with Gasteiger partial charge in [-0.25, -0.2) is 8.42 Å². The Morgan fingerprint density at radius 2 is 1.89 bits per heavy atom. The van der Waals surface area contributed by atoms with E-state index in [1.807, 2.05) is 32.0 Å². The van der Waals surface area contributed by atoms with Crippen molar-refractivity contribution in [2.75, 3.05) is 31.6 Å². The van der Waals surface area contributed by atoms with Gasteiger partial charge in [0.25, 0.3) is 5.91 Å². The smallest absolute Gasteiger partial charge is 0.272 e. The Morgan fingerprint density at radius 1 is 1.21 bits per heavy atom. The number of hydrogen-bond donors (Lipinski definition) is 2. The number of hydrogen-bond acceptors (Lipinski definition) is 4. The number of carbonyl (C=O) groups excluding carboxylic acids is 1. The fourth-order valence-electron chi connectivity index (χ4n) is 3.64. The van der Waals surface area contributed by atoms with Gasteiger partial charge in [0, 0.05) is 24.5 Å². The second kappa shape index (κ2) is 8.06. The van der Waals surface area contributed by atoms with Gasteiger partial charge in [0.15, 0.2) is 0 Å². The first-order valence-electron chi connectivity index (χ1n) is 9.44.